The number of nitrogen functional groups attached to an aromatic ring is 1. The minimum absolute atomic E-state index is 0.0507. The molecule has 0 saturated carbocycles. The summed E-state index contributed by atoms with van der Waals surface area (Å²) in [5.74, 6) is -0.473. The molecule has 1 rings (SSSR count). The van der Waals surface area contributed by atoms with Gasteiger partial charge >= 0.3 is 5.69 Å². The van der Waals surface area contributed by atoms with E-state index in [0.717, 1.165) is 0 Å². The lowest BCUT2D eigenvalue weighted by Gasteiger charge is -1.99. The van der Waals surface area contributed by atoms with Crippen molar-refractivity contribution in [2.24, 2.45) is 0 Å². The minimum Gasteiger partial charge on any atom is -0.393 e. The number of nitrogens with zero attached hydrogens (tertiary/aromatic N) is 2. The normalized spacial score (nSPS) is 9.62. The van der Waals surface area contributed by atoms with Crippen molar-refractivity contribution in [2.75, 3.05) is 5.73 Å². The Morgan fingerprint density at radius 3 is 2.69 bits per heavy atom. The highest BCUT2D eigenvalue weighted by Crippen LogP contribution is 2.23. The first-order valence-electron chi connectivity index (χ1n) is 3.44. The van der Waals surface area contributed by atoms with Crippen LogP contribution in [0.5, 0.6) is 0 Å². The van der Waals surface area contributed by atoms with Crippen LogP contribution in [0.1, 0.15) is 17.4 Å². The summed E-state index contributed by atoms with van der Waals surface area (Å²) >= 11 is 0. The molecule has 0 aromatic carbocycles. The topological polar surface area (TPSA) is 99.1 Å². The van der Waals surface area contributed by atoms with E-state index in [2.05, 4.69) is 4.98 Å². The number of nitrogens with two attached hydrogens (primary N) is 1. The van der Waals surface area contributed by atoms with Gasteiger partial charge in [-0.15, -0.1) is 0 Å². The highest BCUT2D eigenvalue weighted by Gasteiger charge is 2.21. The molecule has 0 aliphatic rings. The third kappa shape index (κ3) is 1.61. The van der Waals surface area contributed by atoms with Crippen LogP contribution >= 0.6 is 0 Å². The van der Waals surface area contributed by atoms with Gasteiger partial charge in [-0.3, -0.25) is 14.9 Å². The second-order valence-electron chi connectivity index (χ2n) is 2.41. The summed E-state index contributed by atoms with van der Waals surface area (Å²) in [5.41, 5.74) is 4.65. The maximum absolute atomic E-state index is 10.9. The Kier molecular flexibility index (Phi) is 2.23. The summed E-state index contributed by atoms with van der Waals surface area (Å²) in [4.78, 5) is 24.3. The average Bonchev–Trinajstić information content (AvgIpc) is 2.02. The summed E-state index contributed by atoms with van der Waals surface area (Å²) in [6, 6.07) is 1.28. The van der Waals surface area contributed by atoms with E-state index in [-0.39, 0.29) is 11.4 Å². The fourth-order valence-electron chi connectivity index (χ4n) is 0.918. The van der Waals surface area contributed by atoms with Crippen molar-refractivity contribution in [1.82, 2.24) is 4.98 Å². The molecule has 6 nitrogen and oxygen atoms in total. The highest BCUT2D eigenvalue weighted by atomic mass is 16.6. The highest BCUT2D eigenvalue weighted by molar-refractivity contribution is 5.97. The van der Waals surface area contributed by atoms with Crippen LogP contribution in [0.15, 0.2) is 12.3 Å². The maximum Gasteiger partial charge on any atom is 0.321 e. The zero-order chi connectivity index (χ0) is 10.0. The van der Waals surface area contributed by atoms with Gasteiger partial charge in [0.15, 0.2) is 11.5 Å². The van der Waals surface area contributed by atoms with Gasteiger partial charge < -0.3 is 5.73 Å². The van der Waals surface area contributed by atoms with Crippen molar-refractivity contribution in [3.05, 3.63) is 28.1 Å². The second kappa shape index (κ2) is 3.18. The van der Waals surface area contributed by atoms with Gasteiger partial charge in [0, 0.05) is 13.1 Å². The van der Waals surface area contributed by atoms with Gasteiger partial charge in [0.1, 0.15) is 5.69 Å². The second-order valence-corrected chi connectivity index (χ2v) is 2.41. The Bertz CT molecular complexity index is 375. The van der Waals surface area contributed by atoms with Crippen LogP contribution in [-0.4, -0.2) is 15.7 Å². The molecule has 0 unspecified atom stereocenters. The van der Waals surface area contributed by atoms with E-state index in [0.29, 0.717) is 0 Å². The molecule has 0 amide bonds. The van der Waals surface area contributed by atoms with Crippen molar-refractivity contribution < 1.29 is 9.72 Å². The molecule has 1 aromatic rings. The third-order valence-electron chi connectivity index (χ3n) is 1.47. The predicted molar refractivity (Wildman–Crippen MR) is 45.3 cm³/mol. The Hall–Kier alpha value is -1.98. The standard InChI is InChI=1S/C7H7N3O3/c1-4(11)6-7(10(12)13)5(8)2-3-9-6/h2-3H,1H3,(H2,8,9). The fraction of sp³-hybridized carbons (Fsp3) is 0.143. The molecule has 6 heteroatoms. The van der Waals surface area contributed by atoms with E-state index < -0.39 is 16.4 Å². The molecule has 0 aliphatic heterocycles. The molecule has 68 valence electrons. The van der Waals surface area contributed by atoms with Crippen molar-refractivity contribution >= 4 is 17.2 Å². The Labute approximate surface area is 73.5 Å². The SMILES string of the molecule is CC(=O)c1nccc(N)c1[N+](=O)[O-]. The van der Waals surface area contributed by atoms with Gasteiger partial charge in [0.25, 0.3) is 0 Å². The number of ketones is 1. The maximum atomic E-state index is 10.9. The number of aromatic nitrogens is 1. The van der Waals surface area contributed by atoms with E-state index in [1.165, 1.54) is 19.2 Å². The fourth-order valence-corrected chi connectivity index (χ4v) is 0.918. The van der Waals surface area contributed by atoms with E-state index in [4.69, 9.17) is 5.73 Å². The zero-order valence-corrected chi connectivity index (χ0v) is 6.85. The van der Waals surface area contributed by atoms with Crippen LogP contribution in [-0.2, 0) is 0 Å². The molecule has 0 bridgehead atoms. The number of rotatable bonds is 2. The Balaban J connectivity index is 3.43. The summed E-state index contributed by atoms with van der Waals surface area (Å²) < 4.78 is 0. The van der Waals surface area contributed by atoms with Crippen LogP contribution in [0.4, 0.5) is 11.4 Å². The molecule has 0 radical (unpaired) electrons. The Morgan fingerprint density at radius 1 is 1.69 bits per heavy atom. The molecule has 0 atom stereocenters. The largest absolute Gasteiger partial charge is 0.393 e. The van der Waals surface area contributed by atoms with E-state index in [9.17, 15) is 14.9 Å². The molecular weight excluding hydrogens is 174 g/mol. The molecule has 1 heterocycles. The van der Waals surface area contributed by atoms with Crippen LogP contribution < -0.4 is 5.73 Å². The number of carbonyl (C=O) groups is 1. The molecule has 0 spiro atoms. The van der Waals surface area contributed by atoms with E-state index in [1.807, 2.05) is 0 Å². The summed E-state index contributed by atoms with van der Waals surface area (Å²) in [6.07, 6.45) is 1.26. The summed E-state index contributed by atoms with van der Waals surface area (Å²) in [6.45, 7) is 1.20. The minimum atomic E-state index is -0.709. The summed E-state index contributed by atoms with van der Waals surface area (Å²) in [7, 11) is 0. The van der Waals surface area contributed by atoms with Crippen LogP contribution in [0.2, 0.25) is 0 Å². The first kappa shape index (κ1) is 9.11. The lowest BCUT2D eigenvalue weighted by atomic mass is 10.2. The van der Waals surface area contributed by atoms with E-state index >= 15 is 0 Å². The Morgan fingerprint density at radius 2 is 2.31 bits per heavy atom. The van der Waals surface area contributed by atoms with Crippen molar-refractivity contribution in [3.63, 3.8) is 0 Å². The van der Waals surface area contributed by atoms with Crippen LogP contribution in [0.25, 0.3) is 0 Å². The number of hydrogen-bond acceptors (Lipinski definition) is 5. The predicted octanol–water partition coefficient (Wildman–Crippen LogP) is 0.775. The molecule has 0 fully saturated rings. The van der Waals surface area contributed by atoms with Gasteiger partial charge in [-0.25, -0.2) is 4.98 Å². The molecule has 1 aromatic heterocycles. The first-order valence-corrected chi connectivity index (χ1v) is 3.44. The third-order valence-corrected chi connectivity index (χ3v) is 1.47. The smallest absolute Gasteiger partial charge is 0.321 e. The number of hydrogen-bond donors (Lipinski definition) is 1. The molecule has 13 heavy (non-hydrogen) atoms. The summed E-state index contributed by atoms with van der Waals surface area (Å²) in [5, 5.41) is 10.5. The van der Waals surface area contributed by atoms with Crippen LogP contribution in [0.3, 0.4) is 0 Å². The van der Waals surface area contributed by atoms with Gasteiger partial charge in [0.05, 0.1) is 4.92 Å². The molecular formula is C7H7N3O3. The number of carbonyl (C=O) groups excluding carboxylic acids is 1. The molecule has 0 aliphatic carbocycles. The molecule has 2 N–H and O–H groups in total. The number of nitro groups is 1. The van der Waals surface area contributed by atoms with Crippen molar-refractivity contribution in [1.29, 1.82) is 0 Å². The average molecular weight is 181 g/mol. The first-order chi connectivity index (χ1) is 6.04. The number of pyridine rings is 1. The van der Waals surface area contributed by atoms with Gasteiger partial charge in [-0.2, -0.15) is 0 Å². The van der Waals surface area contributed by atoms with Crippen molar-refractivity contribution in [2.45, 2.75) is 6.92 Å². The lowest BCUT2D eigenvalue weighted by molar-refractivity contribution is -0.384. The van der Waals surface area contributed by atoms with Crippen LogP contribution in [0, 0.1) is 10.1 Å². The zero-order valence-electron chi connectivity index (χ0n) is 6.85. The van der Waals surface area contributed by atoms with Gasteiger partial charge in [0.2, 0.25) is 0 Å². The van der Waals surface area contributed by atoms with Gasteiger partial charge in [-0.05, 0) is 6.07 Å². The molecule has 0 saturated heterocycles. The number of anilines is 1. The van der Waals surface area contributed by atoms with Crippen molar-refractivity contribution in [3.8, 4) is 0 Å². The van der Waals surface area contributed by atoms with E-state index in [1.54, 1.807) is 0 Å². The number of Topliss-reactive ketones (excluding diaryl/α,β-unsaturated/α-hetero) is 1. The van der Waals surface area contributed by atoms with Gasteiger partial charge in [-0.1, -0.05) is 0 Å². The quantitative estimate of drug-likeness (QED) is 0.412. The monoisotopic (exact) mass is 181 g/mol. The lowest BCUT2D eigenvalue weighted by Crippen LogP contribution is -2.05.